The van der Waals surface area contributed by atoms with Crippen LogP contribution in [0.1, 0.15) is 6.92 Å². The maximum atomic E-state index is 13.6. The van der Waals surface area contributed by atoms with Gasteiger partial charge in [0.1, 0.15) is 0 Å². The molecule has 0 radical (unpaired) electrons. The first kappa shape index (κ1) is 41.0. The van der Waals surface area contributed by atoms with Gasteiger partial charge in [0.15, 0.2) is 0 Å². The second kappa shape index (κ2) is 9.77. The second-order valence-electron chi connectivity index (χ2n) is 8.13. The Bertz CT molecular complexity index is 1010. The van der Waals surface area contributed by atoms with Crippen molar-refractivity contribution in [1.29, 1.82) is 0 Å². The SMILES string of the molecule is CC(F)(F)C(F)(F)C(F)(F)C(F)(F)C(F)(F)C(F)(F)C(F)(F)C(F)(F)C(F)(F)C(F)(F)C(F)(F)C(F)(F)C(F)(F)C(F)F. The first-order valence-electron chi connectivity index (χ1n) is 9.14. The standard InChI is InChI=1S/C15H4F28/c1-3(18,19)5(22,23)7(26,27)9(30,31)11(34,35)13(38,39)15(42,43)14(40,41)12(36,37)10(32,33)8(28,29)6(24,25)4(20,21)2(16)17/h2H,1H3. The third-order valence-corrected chi connectivity index (χ3v) is 5.19. The van der Waals surface area contributed by atoms with E-state index in [1.165, 1.54) is 0 Å². The maximum Gasteiger partial charge on any atom is 0.385 e. The van der Waals surface area contributed by atoms with E-state index in [-0.39, 0.29) is 0 Å². The van der Waals surface area contributed by atoms with Crippen LogP contribution in [0.25, 0.3) is 0 Å². The fourth-order valence-electron chi connectivity index (χ4n) is 2.40. The van der Waals surface area contributed by atoms with Crippen molar-refractivity contribution in [3.8, 4) is 0 Å². The van der Waals surface area contributed by atoms with Crippen LogP contribution < -0.4 is 0 Å². The van der Waals surface area contributed by atoms with Crippen molar-refractivity contribution in [3.63, 3.8) is 0 Å². The summed E-state index contributed by atoms with van der Waals surface area (Å²) in [6, 6.07) is 0. The number of halogens is 28. The Morgan fingerprint density at radius 1 is 0.256 bits per heavy atom. The first-order chi connectivity index (χ1) is 17.9. The average molecular weight is 716 g/mol. The van der Waals surface area contributed by atoms with Crippen LogP contribution in [0.15, 0.2) is 0 Å². The Morgan fingerprint density at radius 3 is 0.535 bits per heavy atom. The second-order valence-corrected chi connectivity index (χ2v) is 8.13. The molecule has 0 aromatic carbocycles. The van der Waals surface area contributed by atoms with Gasteiger partial charge >= 0.3 is 83.4 Å². The van der Waals surface area contributed by atoms with Gasteiger partial charge in [0.05, 0.1) is 0 Å². The van der Waals surface area contributed by atoms with E-state index in [4.69, 9.17) is 0 Å². The van der Waals surface area contributed by atoms with Crippen molar-refractivity contribution < 1.29 is 123 Å². The minimum atomic E-state index is -9.80. The van der Waals surface area contributed by atoms with E-state index < -0.39 is 90.3 Å². The number of rotatable bonds is 13. The molecule has 0 rings (SSSR count). The Kier molecular flexibility index (Phi) is 9.32. The molecule has 0 saturated carbocycles. The summed E-state index contributed by atoms with van der Waals surface area (Å²) in [7, 11) is 0. The summed E-state index contributed by atoms with van der Waals surface area (Å²) in [5.74, 6) is -117. The molecule has 260 valence electrons. The van der Waals surface area contributed by atoms with Gasteiger partial charge in [-0.15, -0.1) is 0 Å². The van der Waals surface area contributed by atoms with Crippen molar-refractivity contribution in [2.75, 3.05) is 0 Å². The van der Waals surface area contributed by atoms with Crippen molar-refractivity contribution >= 4 is 0 Å². The van der Waals surface area contributed by atoms with E-state index in [9.17, 15) is 123 Å². The predicted octanol–water partition coefficient (Wildman–Crippen LogP) is 9.53. The van der Waals surface area contributed by atoms with Gasteiger partial charge in [-0.1, -0.05) is 0 Å². The Morgan fingerprint density at radius 2 is 0.395 bits per heavy atom. The lowest BCUT2D eigenvalue weighted by atomic mass is 9.83. The van der Waals surface area contributed by atoms with E-state index in [1.807, 2.05) is 0 Å². The molecule has 0 unspecified atom stereocenters. The Balaban J connectivity index is 7.47. The fraction of sp³-hybridized carbons (Fsp3) is 1.00. The summed E-state index contributed by atoms with van der Waals surface area (Å²) in [5.41, 5.74) is 0. The van der Waals surface area contributed by atoms with E-state index in [1.54, 1.807) is 0 Å². The fourth-order valence-corrected chi connectivity index (χ4v) is 2.40. The molecule has 43 heavy (non-hydrogen) atoms. The van der Waals surface area contributed by atoms with Crippen LogP contribution in [-0.2, 0) is 0 Å². The summed E-state index contributed by atoms with van der Waals surface area (Å²) in [6.07, 6.45) is -6.36. The largest absolute Gasteiger partial charge is 0.385 e. The number of hydrogen-bond acceptors (Lipinski definition) is 0. The minimum absolute atomic E-state index is 1.58. The van der Waals surface area contributed by atoms with Gasteiger partial charge in [-0.05, 0) is 0 Å². The highest BCUT2D eigenvalue weighted by Gasteiger charge is 3.00. The van der Waals surface area contributed by atoms with Crippen LogP contribution in [-0.4, -0.2) is 83.4 Å². The molecular weight excluding hydrogens is 712 g/mol. The lowest BCUT2D eigenvalue weighted by molar-refractivity contribution is -0.483. The van der Waals surface area contributed by atoms with E-state index in [0.29, 0.717) is 0 Å². The maximum absolute atomic E-state index is 13.6. The molecule has 0 heterocycles. The lowest BCUT2D eigenvalue weighted by Gasteiger charge is -2.46. The van der Waals surface area contributed by atoms with Crippen LogP contribution in [0.5, 0.6) is 0 Å². The van der Waals surface area contributed by atoms with Crippen LogP contribution >= 0.6 is 0 Å². The molecule has 0 nitrogen and oxygen atoms in total. The summed E-state index contributed by atoms with van der Waals surface area (Å²) in [4.78, 5) is 0. The van der Waals surface area contributed by atoms with Gasteiger partial charge in [-0.3, -0.25) is 0 Å². The monoisotopic (exact) mass is 716 g/mol. The molecule has 0 N–H and O–H groups in total. The van der Waals surface area contributed by atoms with Crippen molar-refractivity contribution in [3.05, 3.63) is 0 Å². The van der Waals surface area contributed by atoms with Crippen molar-refractivity contribution in [1.82, 2.24) is 0 Å². The van der Waals surface area contributed by atoms with Gasteiger partial charge in [0.2, 0.25) is 0 Å². The van der Waals surface area contributed by atoms with Gasteiger partial charge in [-0.25, -0.2) is 8.78 Å². The Labute approximate surface area is 214 Å². The number of hydrogen-bond donors (Lipinski definition) is 0. The molecule has 0 fully saturated rings. The first-order valence-corrected chi connectivity index (χ1v) is 9.14. The molecule has 0 aromatic rings. The van der Waals surface area contributed by atoms with E-state index in [0.717, 1.165) is 0 Å². The topological polar surface area (TPSA) is 0 Å². The molecule has 0 aliphatic rings. The number of alkyl halides is 28. The summed E-state index contributed by atoms with van der Waals surface area (Å²) < 4.78 is 369. The molecule has 0 saturated heterocycles. The smallest absolute Gasteiger partial charge is 0.203 e. The zero-order valence-corrected chi connectivity index (χ0v) is 18.7. The lowest BCUT2D eigenvalue weighted by Crippen LogP contribution is -2.79. The Hall–Kier alpha value is -1.96. The summed E-state index contributed by atoms with van der Waals surface area (Å²) in [6.45, 7) is -1.58. The highest BCUT2D eigenvalue weighted by Crippen LogP contribution is 2.68. The highest BCUT2D eigenvalue weighted by molar-refractivity contribution is 5.20. The van der Waals surface area contributed by atoms with Gasteiger partial charge in [-0.2, -0.15) is 114 Å². The molecule has 0 aliphatic carbocycles. The third kappa shape index (κ3) is 4.62. The quantitative estimate of drug-likeness (QED) is 0.167. The van der Waals surface area contributed by atoms with Gasteiger partial charge < -0.3 is 0 Å². The van der Waals surface area contributed by atoms with Gasteiger partial charge in [0.25, 0.3) is 0 Å². The summed E-state index contributed by atoms with van der Waals surface area (Å²) >= 11 is 0. The van der Waals surface area contributed by atoms with E-state index >= 15 is 0 Å². The molecule has 0 spiro atoms. The minimum Gasteiger partial charge on any atom is -0.203 e. The molecule has 0 amide bonds. The molecule has 0 atom stereocenters. The zero-order valence-electron chi connectivity index (χ0n) is 18.7. The molecular formula is C15H4F28. The third-order valence-electron chi connectivity index (χ3n) is 5.19. The molecule has 0 bridgehead atoms. The zero-order chi connectivity index (χ0) is 36.1. The van der Waals surface area contributed by atoms with E-state index in [2.05, 4.69) is 0 Å². The average Bonchev–Trinajstić information content (AvgIpc) is 2.76. The predicted molar refractivity (Wildman–Crippen MR) is 76.0 cm³/mol. The normalized spacial score (nSPS) is 17.2. The molecule has 28 heteroatoms. The van der Waals surface area contributed by atoms with Crippen LogP contribution in [0.4, 0.5) is 123 Å². The molecule has 0 aromatic heterocycles. The van der Waals surface area contributed by atoms with Crippen LogP contribution in [0.2, 0.25) is 0 Å². The van der Waals surface area contributed by atoms with Crippen LogP contribution in [0, 0.1) is 0 Å². The molecule has 0 aliphatic heterocycles. The summed E-state index contributed by atoms with van der Waals surface area (Å²) in [5, 5.41) is 0. The van der Waals surface area contributed by atoms with Crippen molar-refractivity contribution in [2.45, 2.75) is 90.3 Å². The van der Waals surface area contributed by atoms with Crippen LogP contribution in [0.3, 0.4) is 0 Å². The van der Waals surface area contributed by atoms with Gasteiger partial charge in [0, 0.05) is 6.92 Å². The highest BCUT2D eigenvalue weighted by atomic mass is 19.4. The van der Waals surface area contributed by atoms with Crippen molar-refractivity contribution in [2.24, 2.45) is 0 Å².